The van der Waals surface area contributed by atoms with Crippen LogP contribution in [0.4, 0.5) is 21.0 Å². The molecule has 0 atom stereocenters. The highest BCUT2D eigenvalue weighted by Gasteiger charge is 2.16. The first-order chi connectivity index (χ1) is 32.8. The van der Waals surface area contributed by atoms with Gasteiger partial charge in [-0.3, -0.25) is 20.2 Å². The molecule has 0 fully saturated rings. The van der Waals surface area contributed by atoms with Crippen molar-refractivity contribution < 1.29 is 76.3 Å². The zero-order valence-electron chi connectivity index (χ0n) is 38.6. The fourth-order valence-electron chi connectivity index (χ4n) is 5.95. The molecule has 18 heteroatoms. The molecule has 0 spiro atoms. The first-order valence-electron chi connectivity index (χ1n) is 22.2. The van der Waals surface area contributed by atoms with Crippen LogP contribution in [0.1, 0.15) is 94.3 Å². The first-order valence-corrected chi connectivity index (χ1v) is 22.2. The third-order valence-corrected chi connectivity index (χ3v) is 9.83. The lowest BCUT2D eigenvalue weighted by molar-refractivity contribution is -0.144. The van der Waals surface area contributed by atoms with E-state index < -0.39 is 48.0 Å². The van der Waals surface area contributed by atoms with Gasteiger partial charge in [-0.1, -0.05) is 37.4 Å². The number of nitrogens with one attached hydrogen (secondary N) is 2. The Bertz CT molecular complexity index is 2030. The van der Waals surface area contributed by atoms with Gasteiger partial charge in [-0.2, -0.15) is 0 Å². The minimum Gasteiger partial charge on any atom is -0.465 e. The number of ether oxygens (including phenoxy) is 8. The van der Waals surface area contributed by atoms with Crippen molar-refractivity contribution in [1.82, 2.24) is 0 Å². The van der Waals surface area contributed by atoms with Gasteiger partial charge in [-0.25, -0.2) is 28.8 Å². The summed E-state index contributed by atoms with van der Waals surface area (Å²) in [5.74, 6) is -3.01. The lowest BCUT2D eigenvalue weighted by Crippen LogP contribution is -2.18. The molecular weight excluding hydrogens is 885 g/mol. The summed E-state index contributed by atoms with van der Waals surface area (Å²) in [4.78, 5) is 96.7. The van der Waals surface area contributed by atoms with Crippen LogP contribution in [-0.4, -0.2) is 101 Å². The van der Waals surface area contributed by atoms with Crippen molar-refractivity contribution in [3.63, 3.8) is 0 Å². The van der Waals surface area contributed by atoms with Crippen LogP contribution in [-0.2, 0) is 69.9 Å². The third-order valence-electron chi connectivity index (χ3n) is 9.83. The molecule has 0 saturated carbocycles. The summed E-state index contributed by atoms with van der Waals surface area (Å²) in [6.07, 6.45) is 4.68. The Balaban J connectivity index is 1.24. The summed E-state index contributed by atoms with van der Waals surface area (Å²) in [5.41, 5.74) is 4.17. The second-order valence-electron chi connectivity index (χ2n) is 14.9. The molecule has 0 bridgehead atoms. The molecule has 2 amide bonds. The Labute approximate surface area is 395 Å². The van der Waals surface area contributed by atoms with E-state index in [9.17, 15) is 38.4 Å². The molecule has 3 aromatic rings. The molecule has 3 aromatic carbocycles. The average Bonchev–Trinajstić information content (AvgIpc) is 3.33. The predicted molar refractivity (Wildman–Crippen MR) is 248 cm³/mol. The molecule has 0 unspecified atom stereocenters. The van der Waals surface area contributed by atoms with E-state index in [4.69, 9.17) is 37.9 Å². The molecule has 0 aromatic heterocycles. The lowest BCUT2D eigenvalue weighted by Gasteiger charge is -2.14. The summed E-state index contributed by atoms with van der Waals surface area (Å²) in [5, 5.41) is 5.27. The van der Waals surface area contributed by atoms with Crippen LogP contribution in [0.25, 0.3) is 0 Å². The van der Waals surface area contributed by atoms with E-state index in [2.05, 4.69) is 23.8 Å². The number of amides is 2. The third kappa shape index (κ3) is 21.7. The quantitative estimate of drug-likeness (QED) is 0.0280. The summed E-state index contributed by atoms with van der Waals surface area (Å²) in [6.45, 7) is 11.3. The number of hydrogen-bond acceptors (Lipinski definition) is 16. The van der Waals surface area contributed by atoms with Crippen LogP contribution in [0.5, 0.6) is 0 Å². The number of hydrogen-bond donors (Lipinski definition) is 2. The Kier molecular flexibility index (Phi) is 25.3. The van der Waals surface area contributed by atoms with Gasteiger partial charge in [-0.15, -0.1) is 0 Å². The molecule has 18 nitrogen and oxygen atoms in total. The van der Waals surface area contributed by atoms with E-state index in [0.29, 0.717) is 68.3 Å². The minimum atomic E-state index is -0.705. The molecule has 0 radical (unpaired) electrons. The van der Waals surface area contributed by atoms with Crippen molar-refractivity contribution in [3.05, 3.63) is 119 Å². The number of unbranched alkanes of at least 4 members (excludes halogenated alkanes) is 4. The first kappa shape index (κ1) is 54.8. The monoisotopic (exact) mass is 944 g/mol. The SMILES string of the molecule is C=CC(=O)OCCCCOC(=O)Cc1cccc(CC(=O)OCCCCOC(=O)c2ccc(C(=O)OCCCCOC(=O)Nc3cccc(NC(=O)OCCCCOC(=O)C=C)c3C)cc2)c1C. The highest BCUT2D eigenvalue weighted by molar-refractivity contribution is 5.93. The van der Waals surface area contributed by atoms with Crippen LogP contribution in [0.2, 0.25) is 0 Å². The van der Waals surface area contributed by atoms with Gasteiger partial charge in [0.1, 0.15) is 0 Å². The topological polar surface area (TPSA) is 234 Å². The smallest absolute Gasteiger partial charge is 0.411 e. The molecule has 0 heterocycles. The van der Waals surface area contributed by atoms with E-state index in [1.165, 1.54) is 24.3 Å². The van der Waals surface area contributed by atoms with Gasteiger partial charge < -0.3 is 37.9 Å². The Hall–Kier alpha value is -7.50. The fourth-order valence-corrected chi connectivity index (χ4v) is 5.95. The van der Waals surface area contributed by atoms with Crippen molar-refractivity contribution in [3.8, 4) is 0 Å². The number of carbonyl (C=O) groups excluding carboxylic acids is 8. The molecule has 0 aliphatic rings. The van der Waals surface area contributed by atoms with Crippen LogP contribution in [0, 0.1) is 13.8 Å². The van der Waals surface area contributed by atoms with Gasteiger partial charge in [0.15, 0.2) is 0 Å². The predicted octanol–water partition coefficient (Wildman–Crippen LogP) is 7.87. The fraction of sp³-hybridized carbons (Fsp3) is 0.400. The Morgan fingerprint density at radius 3 is 1.12 bits per heavy atom. The number of esters is 6. The zero-order valence-corrected chi connectivity index (χ0v) is 38.6. The number of carbonyl (C=O) groups is 8. The van der Waals surface area contributed by atoms with E-state index in [-0.39, 0.29) is 76.8 Å². The highest BCUT2D eigenvalue weighted by atomic mass is 16.6. The van der Waals surface area contributed by atoms with E-state index in [1.807, 2.05) is 6.92 Å². The minimum absolute atomic E-state index is 0.0239. The van der Waals surface area contributed by atoms with Crippen LogP contribution in [0.15, 0.2) is 86.0 Å². The van der Waals surface area contributed by atoms with Gasteiger partial charge in [0.05, 0.1) is 76.8 Å². The molecule has 2 N–H and O–H groups in total. The maximum atomic E-state index is 12.5. The summed E-state index contributed by atoms with van der Waals surface area (Å²) in [6, 6.07) is 16.1. The van der Waals surface area contributed by atoms with Crippen molar-refractivity contribution in [2.75, 3.05) is 63.5 Å². The molecule has 366 valence electrons. The number of rotatable bonds is 30. The number of benzene rings is 3. The van der Waals surface area contributed by atoms with Crippen molar-refractivity contribution in [2.45, 2.75) is 78.1 Å². The zero-order chi connectivity index (χ0) is 49.5. The second kappa shape index (κ2) is 31.4. The molecule has 0 aliphatic heterocycles. The van der Waals surface area contributed by atoms with Crippen molar-refractivity contribution >= 4 is 59.4 Å². The summed E-state index contributed by atoms with van der Waals surface area (Å²) >= 11 is 0. The van der Waals surface area contributed by atoms with Crippen molar-refractivity contribution in [2.24, 2.45) is 0 Å². The van der Waals surface area contributed by atoms with Gasteiger partial charge in [0.2, 0.25) is 0 Å². The highest BCUT2D eigenvalue weighted by Crippen LogP contribution is 2.24. The maximum Gasteiger partial charge on any atom is 0.411 e. The largest absolute Gasteiger partial charge is 0.465 e. The molecule has 0 saturated heterocycles. The Morgan fingerprint density at radius 1 is 0.426 bits per heavy atom. The second-order valence-corrected chi connectivity index (χ2v) is 14.9. The normalized spacial score (nSPS) is 10.4. The van der Waals surface area contributed by atoms with Gasteiger partial charge >= 0.3 is 48.0 Å². The number of anilines is 2. The van der Waals surface area contributed by atoms with E-state index >= 15 is 0 Å². The Morgan fingerprint density at radius 2 is 0.750 bits per heavy atom. The average molecular weight is 945 g/mol. The molecular formula is C50H60N2O16. The molecule has 0 aliphatic carbocycles. The van der Waals surface area contributed by atoms with Crippen LogP contribution < -0.4 is 10.6 Å². The van der Waals surface area contributed by atoms with E-state index in [0.717, 1.165) is 28.8 Å². The van der Waals surface area contributed by atoms with Crippen LogP contribution in [0.3, 0.4) is 0 Å². The van der Waals surface area contributed by atoms with Crippen molar-refractivity contribution in [1.29, 1.82) is 0 Å². The summed E-state index contributed by atoms with van der Waals surface area (Å²) < 4.78 is 41.5. The standard InChI is InChI=1S/C50H60N2O16/c1-5-43(53)61-25-7-8-27-63-45(55)33-39-17-15-18-40(35(39)3)34-46(56)64-28-9-11-29-65-47(57)37-21-23-38(24-22-37)48(58)66-30-12-14-32-68-50(60)52-42-20-16-19-41(36(42)4)51-49(59)67-31-13-10-26-62-44(54)6-2/h5-6,15-24H,1-2,7-14,25-34H2,3-4H3,(H,51,59)(H,52,60). The maximum absolute atomic E-state index is 12.5. The van der Waals surface area contributed by atoms with Gasteiger partial charge in [0, 0.05) is 23.5 Å². The molecule has 68 heavy (non-hydrogen) atoms. The van der Waals surface area contributed by atoms with Gasteiger partial charge in [-0.05, 0) is 124 Å². The van der Waals surface area contributed by atoms with Gasteiger partial charge in [0.25, 0.3) is 0 Å². The van der Waals surface area contributed by atoms with E-state index in [1.54, 1.807) is 43.3 Å². The molecule has 3 rings (SSSR count). The lowest BCUT2D eigenvalue weighted by atomic mass is 9.98. The van der Waals surface area contributed by atoms with Crippen LogP contribution >= 0.6 is 0 Å². The summed E-state index contributed by atoms with van der Waals surface area (Å²) in [7, 11) is 0.